The van der Waals surface area contributed by atoms with Gasteiger partial charge in [-0.2, -0.15) is 0 Å². The zero-order valence-corrected chi connectivity index (χ0v) is 15.2. The van der Waals surface area contributed by atoms with E-state index in [0.29, 0.717) is 0 Å². The quantitative estimate of drug-likeness (QED) is 0.575. The summed E-state index contributed by atoms with van der Waals surface area (Å²) in [6, 6.07) is 0. The van der Waals surface area contributed by atoms with Crippen molar-refractivity contribution in [1.29, 1.82) is 0 Å². The standard InChI is InChI=1S/C15H32O5Si/c1-8(2)21(9(3)4,10(5)6)14(18)12-11(16)13(17)15(7,19)20-12/h8-14,16-19H,1-7H3/t11-,12+,13+,14?,15+/m1/s1. The molecule has 4 N–H and O–H groups in total. The van der Waals surface area contributed by atoms with Gasteiger partial charge in [0, 0.05) is 0 Å². The first kappa shape index (κ1) is 19.1. The molecule has 0 aromatic carbocycles. The van der Waals surface area contributed by atoms with Crippen LogP contribution in [0.4, 0.5) is 0 Å². The highest BCUT2D eigenvalue weighted by molar-refractivity contribution is 6.84. The van der Waals surface area contributed by atoms with Crippen molar-refractivity contribution in [3.8, 4) is 0 Å². The first-order valence-electron chi connectivity index (χ1n) is 7.85. The number of ether oxygens (including phenoxy) is 1. The molecule has 0 aromatic heterocycles. The van der Waals surface area contributed by atoms with Gasteiger partial charge in [0.2, 0.25) is 0 Å². The normalized spacial score (nSPS) is 36.0. The van der Waals surface area contributed by atoms with Gasteiger partial charge in [0.15, 0.2) is 5.79 Å². The maximum Gasteiger partial charge on any atom is 0.192 e. The molecule has 0 bridgehead atoms. The summed E-state index contributed by atoms with van der Waals surface area (Å²) in [5.41, 5.74) is -0.000833. The highest BCUT2D eigenvalue weighted by Crippen LogP contribution is 2.47. The van der Waals surface area contributed by atoms with Gasteiger partial charge in [0.1, 0.15) is 18.3 Å². The topological polar surface area (TPSA) is 90.2 Å². The second-order valence-corrected chi connectivity index (χ2v) is 13.5. The van der Waals surface area contributed by atoms with Gasteiger partial charge >= 0.3 is 0 Å². The van der Waals surface area contributed by atoms with Crippen molar-refractivity contribution in [3.05, 3.63) is 0 Å². The number of aliphatic hydroxyl groups is 4. The van der Waals surface area contributed by atoms with Crippen LogP contribution < -0.4 is 0 Å². The SMILES string of the molecule is CC(C)[Si](C(C)C)(C(C)C)C(O)[C@H]1O[C@](C)(O)[C@@H](O)[C@@H]1O. The predicted molar refractivity (Wildman–Crippen MR) is 84.6 cm³/mol. The van der Waals surface area contributed by atoms with Crippen LogP contribution in [0.5, 0.6) is 0 Å². The average molecular weight is 321 g/mol. The van der Waals surface area contributed by atoms with E-state index in [9.17, 15) is 20.4 Å². The number of hydrogen-bond acceptors (Lipinski definition) is 5. The van der Waals surface area contributed by atoms with Crippen molar-refractivity contribution in [2.75, 3.05) is 0 Å². The molecule has 0 amide bonds. The predicted octanol–water partition coefficient (Wildman–Crippen LogP) is 1.39. The summed E-state index contributed by atoms with van der Waals surface area (Å²) in [5.74, 6) is -1.82. The molecule has 0 spiro atoms. The van der Waals surface area contributed by atoms with Crippen molar-refractivity contribution >= 4 is 8.07 Å². The summed E-state index contributed by atoms with van der Waals surface area (Å²) in [6.07, 6.45) is -3.64. The maximum atomic E-state index is 11.0. The van der Waals surface area contributed by atoms with E-state index in [1.54, 1.807) is 0 Å². The minimum atomic E-state index is -2.28. The lowest BCUT2D eigenvalue weighted by molar-refractivity contribution is -0.220. The molecule has 0 radical (unpaired) electrons. The lowest BCUT2D eigenvalue weighted by Crippen LogP contribution is -2.61. The molecule has 0 aromatic rings. The Morgan fingerprint density at radius 1 is 0.952 bits per heavy atom. The molecule has 21 heavy (non-hydrogen) atoms. The van der Waals surface area contributed by atoms with E-state index < -0.39 is 37.9 Å². The molecule has 0 saturated carbocycles. The van der Waals surface area contributed by atoms with Crippen LogP contribution in [0.1, 0.15) is 48.5 Å². The van der Waals surface area contributed by atoms with Gasteiger partial charge in [-0.05, 0) is 23.5 Å². The van der Waals surface area contributed by atoms with Crippen LogP contribution >= 0.6 is 0 Å². The second-order valence-electron chi connectivity index (χ2n) is 7.48. The molecule has 5 nitrogen and oxygen atoms in total. The van der Waals surface area contributed by atoms with Crippen LogP contribution in [0.25, 0.3) is 0 Å². The van der Waals surface area contributed by atoms with Gasteiger partial charge in [0.05, 0.1) is 13.8 Å². The van der Waals surface area contributed by atoms with Gasteiger partial charge in [-0.25, -0.2) is 0 Å². The number of rotatable bonds is 5. The fraction of sp³-hybridized carbons (Fsp3) is 1.00. The van der Waals surface area contributed by atoms with Crippen molar-refractivity contribution in [2.24, 2.45) is 0 Å². The molecule has 1 fully saturated rings. The molecule has 126 valence electrons. The van der Waals surface area contributed by atoms with E-state index in [2.05, 4.69) is 41.5 Å². The fourth-order valence-corrected chi connectivity index (χ4v) is 11.4. The van der Waals surface area contributed by atoms with E-state index in [4.69, 9.17) is 4.74 Å². The minimum absolute atomic E-state index is 0.283. The van der Waals surface area contributed by atoms with Crippen molar-refractivity contribution < 1.29 is 25.2 Å². The summed E-state index contributed by atoms with van der Waals surface area (Å²) < 4.78 is 5.43. The van der Waals surface area contributed by atoms with Crippen LogP contribution in [0.15, 0.2) is 0 Å². The van der Waals surface area contributed by atoms with E-state index in [1.807, 2.05) is 0 Å². The fourth-order valence-electron chi connectivity index (χ4n) is 4.47. The number of hydrogen-bond donors (Lipinski definition) is 4. The van der Waals surface area contributed by atoms with Crippen molar-refractivity contribution in [1.82, 2.24) is 0 Å². The Bertz CT molecular complexity index is 334. The Morgan fingerprint density at radius 2 is 1.33 bits per heavy atom. The molecule has 1 unspecified atom stereocenters. The minimum Gasteiger partial charge on any atom is -0.394 e. The summed E-state index contributed by atoms with van der Waals surface area (Å²) in [6.45, 7) is 13.9. The third-order valence-corrected chi connectivity index (χ3v) is 12.8. The summed E-state index contributed by atoms with van der Waals surface area (Å²) in [5, 5.41) is 41.2. The Balaban J connectivity index is 3.22. The maximum absolute atomic E-state index is 11.0. The highest BCUT2D eigenvalue weighted by atomic mass is 28.3. The average Bonchev–Trinajstić information content (AvgIpc) is 2.52. The van der Waals surface area contributed by atoms with Gasteiger partial charge in [-0.15, -0.1) is 0 Å². The van der Waals surface area contributed by atoms with Gasteiger partial charge in [0.25, 0.3) is 0 Å². The van der Waals surface area contributed by atoms with Gasteiger partial charge < -0.3 is 25.2 Å². The third-order valence-electron chi connectivity index (χ3n) is 5.41. The lowest BCUT2D eigenvalue weighted by Gasteiger charge is -2.48. The van der Waals surface area contributed by atoms with Crippen LogP contribution in [-0.2, 0) is 4.74 Å². The molecular formula is C15H32O5Si. The van der Waals surface area contributed by atoms with Crippen LogP contribution in [0.2, 0.25) is 16.6 Å². The molecule has 6 heteroatoms. The summed E-state index contributed by atoms with van der Waals surface area (Å²) in [7, 11) is -2.28. The summed E-state index contributed by atoms with van der Waals surface area (Å²) >= 11 is 0. The van der Waals surface area contributed by atoms with Crippen molar-refractivity contribution in [2.45, 2.75) is 94.9 Å². The second kappa shape index (κ2) is 6.26. The molecule has 1 aliphatic heterocycles. The molecule has 1 heterocycles. The zero-order chi connectivity index (χ0) is 16.7. The van der Waals surface area contributed by atoms with Crippen molar-refractivity contribution in [3.63, 3.8) is 0 Å². The molecule has 0 aliphatic carbocycles. The smallest absolute Gasteiger partial charge is 0.192 e. The Hall–Kier alpha value is 0.0169. The molecular weight excluding hydrogens is 288 g/mol. The van der Waals surface area contributed by atoms with Crippen LogP contribution in [-0.4, -0.2) is 58.3 Å². The molecule has 1 aliphatic rings. The molecule has 1 saturated heterocycles. The largest absolute Gasteiger partial charge is 0.394 e. The Labute approximate surface area is 129 Å². The highest BCUT2D eigenvalue weighted by Gasteiger charge is 2.59. The third kappa shape index (κ3) is 2.94. The first-order chi connectivity index (χ1) is 9.40. The molecule has 5 atom stereocenters. The Kier molecular flexibility index (Phi) is 5.68. The van der Waals surface area contributed by atoms with E-state index in [-0.39, 0.29) is 16.6 Å². The van der Waals surface area contributed by atoms with Gasteiger partial charge in [-0.3, -0.25) is 0 Å². The van der Waals surface area contributed by atoms with E-state index in [1.165, 1.54) is 6.92 Å². The van der Waals surface area contributed by atoms with E-state index in [0.717, 1.165) is 0 Å². The zero-order valence-electron chi connectivity index (χ0n) is 14.2. The van der Waals surface area contributed by atoms with Crippen LogP contribution in [0.3, 0.4) is 0 Å². The molecule has 1 rings (SSSR count). The number of aliphatic hydroxyl groups excluding tert-OH is 3. The van der Waals surface area contributed by atoms with Crippen LogP contribution in [0, 0.1) is 0 Å². The van der Waals surface area contributed by atoms with Gasteiger partial charge in [-0.1, -0.05) is 41.5 Å². The van der Waals surface area contributed by atoms with E-state index >= 15 is 0 Å². The lowest BCUT2D eigenvalue weighted by atomic mass is 10.1. The summed E-state index contributed by atoms with van der Waals surface area (Å²) in [4.78, 5) is 0. The monoisotopic (exact) mass is 320 g/mol. The Morgan fingerprint density at radius 3 is 1.57 bits per heavy atom. The first-order valence-corrected chi connectivity index (χ1v) is 10.2.